The van der Waals surface area contributed by atoms with E-state index in [0.717, 1.165) is 4.47 Å². The molecule has 2 aromatic carbocycles. The Balaban J connectivity index is 1.86. The molecule has 0 atom stereocenters. The normalized spacial score (nSPS) is 11.1. The minimum atomic E-state index is -1.29. The first-order valence-electron chi connectivity index (χ1n) is 7.79. The van der Waals surface area contributed by atoms with Crippen LogP contribution in [0.25, 0.3) is 33.7 Å². The highest BCUT2D eigenvalue weighted by atomic mass is 79.9. The number of hydrogen-bond donors (Lipinski definition) is 0. The van der Waals surface area contributed by atoms with Crippen molar-refractivity contribution in [3.05, 3.63) is 74.7 Å². The summed E-state index contributed by atoms with van der Waals surface area (Å²) in [5.41, 5.74) is 1.58. The van der Waals surface area contributed by atoms with Crippen LogP contribution in [0.1, 0.15) is 10.4 Å². The number of carboxylic acid groups (broad SMARTS) is 1. The highest BCUT2D eigenvalue weighted by Gasteiger charge is 2.14. The fraction of sp³-hybridized carbons (Fsp3) is 0. The third-order valence-electron chi connectivity index (χ3n) is 4.04. The van der Waals surface area contributed by atoms with Gasteiger partial charge >= 0.3 is 0 Å². The van der Waals surface area contributed by atoms with Gasteiger partial charge < -0.3 is 14.3 Å². The van der Waals surface area contributed by atoms with Crippen molar-refractivity contribution in [1.82, 2.24) is 4.98 Å². The van der Waals surface area contributed by atoms with Crippen molar-refractivity contribution in [2.24, 2.45) is 0 Å². The molecule has 7 heteroatoms. The lowest BCUT2D eigenvalue weighted by Crippen LogP contribution is -2.22. The maximum absolute atomic E-state index is 11.6. The molecule has 0 unspecified atom stereocenters. The molecule has 0 amide bonds. The number of nitrogens with zero attached hydrogens (tertiary/aromatic N) is 1. The molecule has 2 heterocycles. The van der Waals surface area contributed by atoms with E-state index < -0.39 is 5.97 Å². The van der Waals surface area contributed by atoms with Crippen molar-refractivity contribution in [1.29, 1.82) is 0 Å². The number of benzene rings is 2. The summed E-state index contributed by atoms with van der Waals surface area (Å²) in [4.78, 5) is 16.1. The number of halogens is 3. The zero-order chi connectivity index (χ0) is 19.1. The third kappa shape index (κ3) is 3.46. The molecule has 4 nitrogen and oxygen atoms in total. The number of aromatic carboxylic acids is 1. The second-order valence-corrected chi connectivity index (χ2v) is 7.55. The smallest absolute Gasteiger partial charge is 0.153 e. The molecule has 0 aliphatic rings. The van der Waals surface area contributed by atoms with Crippen LogP contribution in [-0.2, 0) is 0 Å². The van der Waals surface area contributed by atoms with Crippen molar-refractivity contribution < 1.29 is 14.3 Å². The van der Waals surface area contributed by atoms with E-state index in [9.17, 15) is 9.90 Å². The van der Waals surface area contributed by atoms with Gasteiger partial charge in [0, 0.05) is 26.0 Å². The minimum absolute atomic E-state index is 0.0371. The highest BCUT2D eigenvalue weighted by Crippen LogP contribution is 2.35. The Morgan fingerprint density at radius 1 is 1.00 bits per heavy atom. The third-order valence-corrected chi connectivity index (χ3v) is 5.10. The Kier molecular flexibility index (Phi) is 4.68. The lowest BCUT2D eigenvalue weighted by molar-refractivity contribution is -0.254. The van der Waals surface area contributed by atoms with Crippen molar-refractivity contribution in [2.45, 2.75) is 0 Å². The van der Waals surface area contributed by atoms with Gasteiger partial charge in [-0.15, -0.1) is 0 Å². The molecule has 0 fully saturated rings. The second kappa shape index (κ2) is 7.00. The molecule has 0 radical (unpaired) electrons. The van der Waals surface area contributed by atoms with Crippen LogP contribution in [0, 0.1) is 0 Å². The lowest BCUT2D eigenvalue weighted by atomic mass is 10.1. The van der Waals surface area contributed by atoms with E-state index >= 15 is 0 Å². The minimum Gasteiger partial charge on any atom is -0.545 e. The number of carbonyl (C=O) groups is 1. The van der Waals surface area contributed by atoms with Gasteiger partial charge in [0.25, 0.3) is 0 Å². The maximum atomic E-state index is 11.6. The molecule has 0 spiro atoms. The molecular weight excluding hydrogens is 453 g/mol. The number of aromatic nitrogens is 1. The molecular formula is C20H9BrCl2NO3-. The standard InChI is InChI=1S/C20H10BrCl2NO3/c21-10-1-4-16-12(7-10)13(20(25)26)9-17(24-16)19-6-5-18(27-19)14-8-11(22)2-3-15(14)23/h1-9H,(H,25,26)/p-1. The Morgan fingerprint density at radius 2 is 1.78 bits per heavy atom. The van der Waals surface area contributed by atoms with Crippen molar-refractivity contribution >= 4 is 56.0 Å². The zero-order valence-corrected chi connectivity index (χ0v) is 16.6. The SMILES string of the molecule is O=C([O-])c1cc(-c2ccc(-c3cc(Cl)ccc3Cl)o2)nc2ccc(Br)cc12. The zero-order valence-electron chi connectivity index (χ0n) is 13.5. The van der Waals surface area contributed by atoms with Gasteiger partial charge in [0.15, 0.2) is 5.76 Å². The summed E-state index contributed by atoms with van der Waals surface area (Å²) >= 11 is 15.6. The summed E-state index contributed by atoms with van der Waals surface area (Å²) < 4.78 is 6.62. The maximum Gasteiger partial charge on any atom is 0.153 e. The van der Waals surface area contributed by atoms with Crippen LogP contribution in [0.15, 0.2) is 63.5 Å². The average molecular weight is 462 g/mol. The first kappa shape index (κ1) is 18.0. The van der Waals surface area contributed by atoms with Gasteiger partial charge in [-0.1, -0.05) is 39.1 Å². The number of carboxylic acids is 1. The fourth-order valence-electron chi connectivity index (χ4n) is 2.80. The number of rotatable bonds is 3. The summed E-state index contributed by atoms with van der Waals surface area (Å²) in [6.07, 6.45) is 0. The molecule has 27 heavy (non-hydrogen) atoms. The van der Waals surface area contributed by atoms with Gasteiger partial charge in [0.1, 0.15) is 11.5 Å². The molecule has 0 saturated carbocycles. The first-order chi connectivity index (χ1) is 12.9. The molecule has 2 aromatic heterocycles. The summed E-state index contributed by atoms with van der Waals surface area (Å²) in [7, 11) is 0. The molecule has 0 aliphatic carbocycles. The van der Waals surface area contributed by atoms with E-state index in [1.807, 2.05) is 0 Å². The summed E-state index contributed by atoms with van der Waals surface area (Å²) in [5, 5.41) is 13.1. The highest BCUT2D eigenvalue weighted by molar-refractivity contribution is 9.10. The molecule has 4 aromatic rings. The number of furan rings is 1. The average Bonchev–Trinajstić information content (AvgIpc) is 3.12. The molecule has 4 rings (SSSR count). The number of pyridine rings is 1. The molecule has 0 aliphatic heterocycles. The van der Waals surface area contributed by atoms with Gasteiger partial charge in [-0.2, -0.15) is 0 Å². The summed E-state index contributed by atoms with van der Waals surface area (Å²) in [6, 6.07) is 15.2. The summed E-state index contributed by atoms with van der Waals surface area (Å²) in [5.74, 6) is -0.370. The van der Waals surface area contributed by atoms with E-state index in [-0.39, 0.29) is 5.56 Å². The molecule has 0 saturated heterocycles. The number of fused-ring (bicyclic) bond motifs is 1. The summed E-state index contributed by atoms with van der Waals surface area (Å²) in [6.45, 7) is 0. The Hall–Kier alpha value is -2.34. The van der Waals surface area contributed by atoms with Crippen molar-refractivity contribution in [3.8, 4) is 22.8 Å². The Labute approximate surface area is 172 Å². The number of hydrogen-bond acceptors (Lipinski definition) is 4. The number of carbonyl (C=O) groups excluding carboxylic acids is 1. The topological polar surface area (TPSA) is 66.2 Å². The van der Waals surface area contributed by atoms with E-state index in [1.54, 1.807) is 48.5 Å². The first-order valence-corrected chi connectivity index (χ1v) is 9.34. The molecule has 0 bridgehead atoms. The van der Waals surface area contributed by atoms with Crippen LogP contribution in [0.4, 0.5) is 0 Å². The molecule has 134 valence electrons. The van der Waals surface area contributed by atoms with Crippen molar-refractivity contribution in [2.75, 3.05) is 0 Å². The van der Waals surface area contributed by atoms with Crippen LogP contribution in [-0.4, -0.2) is 11.0 Å². The lowest BCUT2D eigenvalue weighted by Gasteiger charge is -2.10. The van der Waals surface area contributed by atoms with E-state index in [4.69, 9.17) is 27.6 Å². The quantitative estimate of drug-likeness (QED) is 0.398. The predicted molar refractivity (Wildman–Crippen MR) is 107 cm³/mol. The Morgan fingerprint density at radius 3 is 2.56 bits per heavy atom. The Bertz CT molecular complexity index is 1200. The van der Waals surface area contributed by atoms with Gasteiger partial charge in [0.05, 0.1) is 16.5 Å². The van der Waals surface area contributed by atoms with E-state index in [0.29, 0.717) is 43.7 Å². The van der Waals surface area contributed by atoms with Crippen LogP contribution >= 0.6 is 39.1 Å². The van der Waals surface area contributed by atoms with Crippen molar-refractivity contribution in [3.63, 3.8) is 0 Å². The largest absolute Gasteiger partial charge is 0.545 e. The van der Waals surface area contributed by atoms with Crippen LogP contribution in [0.2, 0.25) is 10.0 Å². The predicted octanol–water partition coefficient (Wildman–Crippen LogP) is 5.59. The van der Waals surface area contributed by atoms with Crippen LogP contribution < -0.4 is 5.11 Å². The van der Waals surface area contributed by atoms with Crippen LogP contribution in [0.5, 0.6) is 0 Å². The second-order valence-electron chi connectivity index (χ2n) is 5.79. The van der Waals surface area contributed by atoms with E-state index in [2.05, 4.69) is 20.9 Å². The van der Waals surface area contributed by atoms with Crippen LogP contribution in [0.3, 0.4) is 0 Å². The monoisotopic (exact) mass is 460 g/mol. The van der Waals surface area contributed by atoms with Gasteiger partial charge in [-0.05, 0) is 54.6 Å². The van der Waals surface area contributed by atoms with E-state index in [1.165, 1.54) is 6.07 Å². The van der Waals surface area contributed by atoms with Gasteiger partial charge in [-0.25, -0.2) is 4.98 Å². The molecule has 0 N–H and O–H groups in total. The van der Waals surface area contributed by atoms with Gasteiger partial charge in [0.2, 0.25) is 0 Å². The fourth-order valence-corrected chi connectivity index (χ4v) is 3.54. The van der Waals surface area contributed by atoms with Gasteiger partial charge in [-0.3, -0.25) is 0 Å².